The molecule has 0 amide bonds. The zero-order valence-corrected chi connectivity index (χ0v) is 13.2. The molecular weight excluding hydrogens is 236 g/mol. The third-order valence-electron chi connectivity index (χ3n) is 4.67. The summed E-state index contributed by atoms with van der Waals surface area (Å²) in [6.07, 6.45) is 1.27. The average Bonchev–Trinajstić information content (AvgIpc) is 2.39. The van der Waals surface area contributed by atoms with Crippen LogP contribution in [0, 0.1) is 0 Å². The first kappa shape index (κ1) is 15.2. The van der Waals surface area contributed by atoms with E-state index in [1.54, 1.807) is 0 Å². The normalized spacial score (nSPS) is 32.7. The third kappa shape index (κ3) is 4.42. The lowest BCUT2D eigenvalue weighted by Gasteiger charge is -2.41. The molecular formula is C15H32N4. The highest BCUT2D eigenvalue weighted by Gasteiger charge is 2.26. The lowest BCUT2D eigenvalue weighted by atomic mass is 10.0. The first-order chi connectivity index (χ1) is 9.06. The summed E-state index contributed by atoms with van der Waals surface area (Å²) in [5.41, 5.74) is 0. The van der Waals surface area contributed by atoms with E-state index in [0.717, 1.165) is 13.1 Å². The number of hydrogen-bond donors (Lipinski definition) is 2. The SMILES string of the molecule is CC1CN(C(C)CC2CN(C(C)C)CCN2)CCN1. The third-order valence-corrected chi connectivity index (χ3v) is 4.67. The predicted octanol–water partition coefficient (Wildman–Crippen LogP) is 0.741. The Kier molecular flexibility index (Phi) is 5.63. The van der Waals surface area contributed by atoms with Crippen molar-refractivity contribution in [2.75, 3.05) is 39.3 Å². The van der Waals surface area contributed by atoms with Gasteiger partial charge in [-0.3, -0.25) is 9.80 Å². The van der Waals surface area contributed by atoms with Gasteiger partial charge in [0.25, 0.3) is 0 Å². The summed E-state index contributed by atoms with van der Waals surface area (Å²) in [5, 5.41) is 7.23. The van der Waals surface area contributed by atoms with E-state index in [-0.39, 0.29) is 0 Å². The second-order valence-electron chi connectivity index (χ2n) is 6.67. The van der Waals surface area contributed by atoms with E-state index in [9.17, 15) is 0 Å². The standard InChI is InChI=1S/C15H32N4/c1-12(2)18-7-6-17-15(11-18)9-14(4)19-8-5-16-13(3)10-19/h12-17H,5-11H2,1-4H3. The van der Waals surface area contributed by atoms with Crippen LogP contribution in [-0.4, -0.2) is 73.2 Å². The van der Waals surface area contributed by atoms with Gasteiger partial charge >= 0.3 is 0 Å². The largest absolute Gasteiger partial charge is 0.312 e. The highest BCUT2D eigenvalue weighted by atomic mass is 15.2. The van der Waals surface area contributed by atoms with Crippen molar-refractivity contribution in [1.82, 2.24) is 20.4 Å². The fourth-order valence-electron chi connectivity index (χ4n) is 3.40. The summed E-state index contributed by atoms with van der Waals surface area (Å²) in [6.45, 7) is 16.4. The number of piperazine rings is 2. The van der Waals surface area contributed by atoms with Crippen molar-refractivity contribution in [2.24, 2.45) is 0 Å². The lowest BCUT2D eigenvalue weighted by molar-refractivity contribution is 0.113. The quantitative estimate of drug-likeness (QED) is 0.787. The molecule has 0 radical (unpaired) electrons. The average molecular weight is 268 g/mol. The number of nitrogens with zero attached hydrogens (tertiary/aromatic N) is 2. The maximum atomic E-state index is 3.70. The molecule has 2 aliphatic rings. The molecule has 2 rings (SSSR count). The van der Waals surface area contributed by atoms with Gasteiger partial charge in [-0.1, -0.05) is 0 Å². The van der Waals surface area contributed by atoms with Crippen LogP contribution in [-0.2, 0) is 0 Å². The Morgan fingerprint density at radius 2 is 1.68 bits per heavy atom. The topological polar surface area (TPSA) is 30.5 Å². The minimum atomic E-state index is 0.641. The summed E-state index contributed by atoms with van der Waals surface area (Å²) >= 11 is 0. The molecule has 4 heteroatoms. The first-order valence-electron chi connectivity index (χ1n) is 8.01. The van der Waals surface area contributed by atoms with Gasteiger partial charge in [0.2, 0.25) is 0 Å². The van der Waals surface area contributed by atoms with E-state index in [2.05, 4.69) is 48.1 Å². The van der Waals surface area contributed by atoms with Gasteiger partial charge in [0.05, 0.1) is 0 Å². The van der Waals surface area contributed by atoms with Crippen LogP contribution < -0.4 is 10.6 Å². The molecule has 0 aromatic carbocycles. The molecule has 0 spiro atoms. The minimum Gasteiger partial charge on any atom is -0.312 e. The summed E-state index contributed by atoms with van der Waals surface area (Å²) in [6, 6.07) is 2.67. The van der Waals surface area contributed by atoms with Gasteiger partial charge in [-0.05, 0) is 34.1 Å². The number of nitrogens with one attached hydrogen (secondary N) is 2. The maximum absolute atomic E-state index is 3.70. The van der Waals surface area contributed by atoms with Crippen LogP contribution in [0.15, 0.2) is 0 Å². The molecule has 2 N–H and O–H groups in total. The Morgan fingerprint density at radius 1 is 1.00 bits per heavy atom. The molecule has 0 aromatic heterocycles. The molecule has 2 aliphatic heterocycles. The van der Waals surface area contributed by atoms with Crippen LogP contribution in [0.2, 0.25) is 0 Å². The van der Waals surface area contributed by atoms with Crippen LogP contribution in [0.1, 0.15) is 34.1 Å². The first-order valence-corrected chi connectivity index (χ1v) is 8.01. The Balaban J connectivity index is 1.79. The Bertz CT molecular complexity index is 269. The van der Waals surface area contributed by atoms with Gasteiger partial charge in [-0.25, -0.2) is 0 Å². The van der Waals surface area contributed by atoms with Crippen molar-refractivity contribution in [3.05, 3.63) is 0 Å². The zero-order chi connectivity index (χ0) is 13.8. The van der Waals surface area contributed by atoms with Gasteiger partial charge in [-0.2, -0.15) is 0 Å². The Labute approximate surface area is 118 Å². The molecule has 0 bridgehead atoms. The monoisotopic (exact) mass is 268 g/mol. The second-order valence-corrected chi connectivity index (χ2v) is 6.67. The Hall–Kier alpha value is -0.160. The zero-order valence-electron chi connectivity index (χ0n) is 13.2. The second kappa shape index (κ2) is 7.02. The predicted molar refractivity (Wildman–Crippen MR) is 81.6 cm³/mol. The van der Waals surface area contributed by atoms with Gasteiger partial charge in [0.15, 0.2) is 0 Å². The van der Waals surface area contributed by atoms with E-state index >= 15 is 0 Å². The van der Waals surface area contributed by atoms with Crippen molar-refractivity contribution in [2.45, 2.75) is 58.3 Å². The molecule has 2 heterocycles. The van der Waals surface area contributed by atoms with E-state index in [0.29, 0.717) is 24.2 Å². The highest BCUT2D eigenvalue weighted by molar-refractivity contribution is 4.86. The molecule has 0 aromatic rings. The van der Waals surface area contributed by atoms with Crippen LogP contribution >= 0.6 is 0 Å². The van der Waals surface area contributed by atoms with Crippen molar-refractivity contribution >= 4 is 0 Å². The molecule has 112 valence electrons. The molecule has 3 unspecified atom stereocenters. The summed E-state index contributed by atoms with van der Waals surface area (Å²) in [5.74, 6) is 0. The van der Waals surface area contributed by atoms with Gasteiger partial charge in [0.1, 0.15) is 0 Å². The van der Waals surface area contributed by atoms with E-state index in [4.69, 9.17) is 0 Å². The molecule has 0 saturated carbocycles. The smallest absolute Gasteiger partial charge is 0.0210 e. The van der Waals surface area contributed by atoms with Crippen LogP contribution in [0.4, 0.5) is 0 Å². The van der Waals surface area contributed by atoms with E-state index < -0.39 is 0 Å². The molecule has 2 saturated heterocycles. The number of rotatable bonds is 4. The van der Waals surface area contributed by atoms with Gasteiger partial charge in [0, 0.05) is 63.4 Å². The molecule has 4 nitrogen and oxygen atoms in total. The van der Waals surface area contributed by atoms with Crippen molar-refractivity contribution in [3.8, 4) is 0 Å². The van der Waals surface area contributed by atoms with E-state index in [1.807, 2.05) is 0 Å². The number of hydrogen-bond acceptors (Lipinski definition) is 4. The molecule has 2 fully saturated rings. The van der Waals surface area contributed by atoms with Crippen LogP contribution in [0.5, 0.6) is 0 Å². The van der Waals surface area contributed by atoms with Gasteiger partial charge in [-0.15, -0.1) is 0 Å². The van der Waals surface area contributed by atoms with Crippen molar-refractivity contribution < 1.29 is 0 Å². The Morgan fingerprint density at radius 3 is 2.37 bits per heavy atom. The fourth-order valence-corrected chi connectivity index (χ4v) is 3.40. The summed E-state index contributed by atoms with van der Waals surface area (Å²) in [4.78, 5) is 5.26. The summed E-state index contributed by atoms with van der Waals surface area (Å²) in [7, 11) is 0. The van der Waals surface area contributed by atoms with Crippen LogP contribution in [0.3, 0.4) is 0 Å². The fraction of sp³-hybridized carbons (Fsp3) is 1.00. The lowest BCUT2D eigenvalue weighted by Crippen LogP contribution is -2.56. The summed E-state index contributed by atoms with van der Waals surface area (Å²) < 4.78 is 0. The van der Waals surface area contributed by atoms with E-state index in [1.165, 1.54) is 32.6 Å². The van der Waals surface area contributed by atoms with Crippen LogP contribution in [0.25, 0.3) is 0 Å². The van der Waals surface area contributed by atoms with Gasteiger partial charge < -0.3 is 10.6 Å². The molecule has 0 aliphatic carbocycles. The minimum absolute atomic E-state index is 0.641. The maximum Gasteiger partial charge on any atom is 0.0210 e. The van der Waals surface area contributed by atoms with Crippen molar-refractivity contribution in [1.29, 1.82) is 0 Å². The molecule has 19 heavy (non-hydrogen) atoms. The highest BCUT2D eigenvalue weighted by Crippen LogP contribution is 2.13. The van der Waals surface area contributed by atoms with Crippen molar-refractivity contribution in [3.63, 3.8) is 0 Å². The molecule has 3 atom stereocenters.